The summed E-state index contributed by atoms with van der Waals surface area (Å²) >= 11 is 0. The summed E-state index contributed by atoms with van der Waals surface area (Å²) < 4.78 is 0. The molecule has 1 aromatic heterocycles. The lowest BCUT2D eigenvalue weighted by molar-refractivity contribution is 0.306. The van der Waals surface area contributed by atoms with E-state index >= 15 is 0 Å². The Morgan fingerprint density at radius 3 is 2.81 bits per heavy atom. The van der Waals surface area contributed by atoms with Gasteiger partial charge in [0.25, 0.3) is 0 Å². The highest BCUT2D eigenvalue weighted by Crippen LogP contribution is 2.41. The van der Waals surface area contributed by atoms with Crippen LogP contribution in [0.4, 0.5) is 0 Å². The number of hydrogen-bond acceptors (Lipinski definition) is 2. The molecule has 1 aliphatic heterocycles. The third-order valence-electron chi connectivity index (χ3n) is 6.42. The van der Waals surface area contributed by atoms with Crippen molar-refractivity contribution in [3.05, 3.63) is 71.4 Å². The number of phenols is 1. The smallest absolute Gasteiger partial charge is 0.116 e. The van der Waals surface area contributed by atoms with Gasteiger partial charge in [-0.1, -0.05) is 43.3 Å². The highest BCUT2D eigenvalue weighted by molar-refractivity contribution is 5.85. The van der Waals surface area contributed by atoms with Crippen LogP contribution in [0, 0.1) is 5.92 Å². The molecule has 5 rings (SSSR count). The van der Waals surface area contributed by atoms with Gasteiger partial charge in [0.1, 0.15) is 5.75 Å². The molecule has 0 saturated carbocycles. The van der Waals surface area contributed by atoms with Crippen LogP contribution in [0.25, 0.3) is 16.5 Å². The molecule has 2 aromatic carbocycles. The van der Waals surface area contributed by atoms with E-state index in [9.17, 15) is 5.11 Å². The number of benzene rings is 2. The molecule has 0 fully saturated rings. The second-order valence-corrected chi connectivity index (χ2v) is 8.16. The van der Waals surface area contributed by atoms with Crippen molar-refractivity contribution >= 4 is 16.5 Å². The number of para-hydroxylation sites is 1. The Kier molecular flexibility index (Phi) is 4.05. The van der Waals surface area contributed by atoms with Crippen molar-refractivity contribution < 1.29 is 5.11 Å². The minimum atomic E-state index is 0.346. The van der Waals surface area contributed by atoms with Gasteiger partial charge in [-0.2, -0.15) is 0 Å². The Labute approximate surface area is 160 Å². The first-order valence-corrected chi connectivity index (χ1v) is 10.0. The summed E-state index contributed by atoms with van der Waals surface area (Å²) in [6.45, 7) is 3.26. The zero-order valence-corrected chi connectivity index (χ0v) is 15.7. The van der Waals surface area contributed by atoms with Crippen LogP contribution in [-0.4, -0.2) is 22.7 Å². The van der Waals surface area contributed by atoms with Gasteiger partial charge in [0.05, 0.1) is 0 Å². The fourth-order valence-corrected chi connectivity index (χ4v) is 5.09. The van der Waals surface area contributed by atoms with Crippen molar-refractivity contribution in [2.45, 2.75) is 38.1 Å². The molecule has 27 heavy (non-hydrogen) atoms. The zero-order valence-electron chi connectivity index (χ0n) is 15.7. The third kappa shape index (κ3) is 2.96. The van der Waals surface area contributed by atoms with Gasteiger partial charge >= 0.3 is 0 Å². The Morgan fingerprint density at radius 2 is 1.93 bits per heavy atom. The Bertz CT molecular complexity index is 1020. The van der Waals surface area contributed by atoms with Crippen LogP contribution in [0.5, 0.6) is 5.75 Å². The van der Waals surface area contributed by atoms with E-state index in [1.807, 2.05) is 12.1 Å². The quantitative estimate of drug-likeness (QED) is 0.605. The molecule has 0 saturated heterocycles. The third-order valence-corrected chi connectivity index (χ3v) is 6.42. The first kappa shape index (κ1) is 16.6. The fourth-order valence-electron chi connectivity index (χ4n) is 5.09. The van der Waals surface area contributed by atoms with Gasteiger partial charge < -0.3 is 15.4 Å². The number of phenolic OH excluding ortho intramolecular Hbond substituents is 1. The van der Waals surface area contributed by atoms with E-state index in [0.29, 0.717) is 23.6 Å². The second kappa shape index (κ2) is 6.58. The average Bonchev–Trinajstić information content (AvgIpc) is 3.08. The first-order valence-electron chi connectivity index (χ1n) is 10.0. The minimum absolute atomic E-state index is 0.346. The Hall–Kier alpha value is -2.52. The summed E-state index contributed by atoms with van der Waals surface area (Å²) in [5.41, 5.74) is 6.73. The van der Waals surface area contributed by atoms with E-state index in [1.165, 1.54) is 34.2 Å². The molecule has 2 aliphatic rings. The average molecular weight is 358 g/mol. The van der Waals surface area contributed by atoms with E-state index in [-0.39, 0.29) is 0 Å². The topological polar surface area (TPSA) is 48.0 Å². The van der Waals surface area contributed by atoms with Crippen LogP contribution >= 0.6 is 0 Å². The van der Waals surface area contributed by atoms with E-state index in [4.69, 9.17) is 0 Å². The fraction of sp³-hybridized carbons (Fsp3) is 0.333. The second-order valence-electron chi connectivity index (χ2n) is 8.16. The lowest BCUT2D eigenvalue weighted by atomic mass is 9.74. The lowest BCUT2D eigenvalue weighted by Gasteiger charge is -2.36. The van der Waals surface area contributed by atoms with Gasteiger partial charge in [0.2, 0.25) is 0 Å². The van der Waals surface area contributed by atoms with E-state index < -0.39 is 0 Å². The molecule has 0 radical (unpaired) electrons. The molecule has 3 N–H and O–H groups in total. The largest absolute Gasteiger partial charge is 0.508 e. The van der Waals surface area contributed by atoms with Gasteiger partial charge in [-0.05, 0) is 66.0 Å². The molecule has 3 heteroatoms. The van der Waals surface area contributed by atoms with Crippen LogP contribution in [-0.2, 0) is 6.42 Å². The number of aromatic amines is 1. The van der Waals surface area contributed by atoms with Crippen molar-refractivity contribution in [3.63, 3.8) is 0 Å². The minimum Gasteiger partial charge on any atom is -0.508 e. The molecule has 3 atom stereocenters. The normalized spacial score (nSPS) is 25.2. The summed E-state index contributed by atoms with van der Waals surface area (Å²) in [7, 11) is 0. The van der Waals surface area contributed by atoms with Crippen LogP contribution in [0.3, 0.4) is 0 Å². The number of nitrogens with one attached hydrogen (secondary N) is 2. The summed E-state index contributed by atoms with van der Waals surface area (Å²) in [6.07, 6.45) is 5.65. The number of H-pyrrole nitrogens is 1. The van der Waals surface area contributed by atoms with Crippen molar-refractivity contribution in [2.75, 3.05) is 6.54 Å². The molecule has 3 aromatic rings. The number of aromatic nitrogens is 1. The molecule has 2 heterocycles. The van der Waals surface area contributed by atoms with E-state index in [2.05, 4.69) is 53.6 Å². The van der Waals surface area contributed by atoms with Gasteiger partial charge in [0.15, 0.2) is 0 Å². The molecule has 0 bridgehead atoms. The number of fused-ring (bicyclic) bond motifs is 3. The molecule has 3 nitrogen and oxygen atoms in total. The molecule has 1 aliphatic carbocycles. The monoisotopic (exact) mass is 358 g/mol. The molecule has 3 unspecified atom stereocenters. The molecule has 0 spiro atoms. The summed E-state index contributed by atoms with van der Waals surface area (Å²) in [4.78, 5) is 3.67. The first-order chi connectivity index (χ1) is 13.2. The van der Waals surface area contributed by atoms with Gasteiger partial charge in [-0.15, -0.1) is 0 Å². The molecular weight excluding hydrogens is 332 g/mol. The zero-order chi connectivity index (χ0) is 18.4. The predicted octanol–water partition coefficient (Wildman–Crippen LogP) is 4.98. The van der Waals surface area contributed by atoms with Gasteiger partial charge in [-0.25, -0.2) is 0 Å². The van der Waals surface area contributed by atoms with Crippen LogP contribution < -0.4 is 5.32 Å². The Morgan fingerprint density at radius 1 is 1.04 bits per heavy atom. The van der Waals surface area contributed by atoms with Crippen LogP contribution in [0.15, 0.2) is 54.6 Å². The number of aromatic hydroxyl groups is 1. The summed E-state index contributed by atoms with van der Waals surface area (Å²) in [5.74, 6) is 1.54. The number of rotatable bonds is 2. The lowest BCUT2D eigenvalue weighted by Crippen LogP contribution is -2.41. The standard InChI is InChI=1S/C24H26N2O/c1-15-11-18(13-21-20-7-2-3-8-22(20)26-24(15)21)23-14-17(9-10-25-23)16-5-4-6-19(27)12-16/h2-9,12,15,18,23,25-27H,10-11,13-14H2,1H3. The highest BCUT2D eigenvalue weighted by Gasteiger charge is 2.33. The summed E-state index contributed by atoms with van der Waals surface area (Å²) in [5, 5.41) is 15.0. The maximum absolute atomic E-state index is 9.83. The number of hydrogen-bond donors (Lipinski definition) is 3. The SMILES string of the molecule is CC1CC(C2CC(c3cccc(O)c3)=CCN2)Cc2c1[nH]c1ccccc21. The highest BCUT2D eigenvalue weighted by atomic mass is 16.3. The molecular formula is C24H26N2O. The molecule has 138 valence electrons. The van der Waals surface area contributed by atoms with Gasteiger partial charge in [0, 0.05) is 29.2 Å². The predicted molar refractivity (Wildman–Crippen MR) is 111 cm³/mol. The van der Waals surface area contributed by atoms with E-state index in [0.717, 1.165) is 24.9 Å². The Balaban J connectivity index is 1.42. The van der Waals surface area contributed by atoms with Crippen molar-refractivity contribution in [2.24, 2.45) is 5.92 Å². The maximum Gasteiger partial charge on any atom is 0.116 e. The maximum atomic E-state index is 9.83. The van der Waals surface area contributed by atoms with Crippen LogP contribution in [0.2, 0.25) is 0 Å². The van der Waals surface area contributed by atoms with E-state index in [1.54, 1.807) is 6.07 Å². The van der Waals surface area contributed by atoms with Crippen LogP contribution in [0.1, 0.15) is 42.5 Å². The van der Waals surface area contributed by atoms with Crippen molar-refractivity contribution in [3.8, 4) is 5.75 Å². The van der Waals surface area contributed by atoms with Crippen molar-refractivity contribution in [1.29, 1.82) is 0 Å². The summed E-state index contributed by atoms with van der Waals surface area (Å²) in [6, 6.07) is 16.9. The van der Waals surface area contributed by atoms with Crippen molar-refractivity contribution in [1.82, 2.24) is 10.3 Å². The van der Waals surface area contributed by atoms with Gasteiger partial charge in [-0.3, -0.25) is 0 Å². The molecule has 0 amide bonds.